The summed E-state index contributed by atoms with van der Waals surface area (Å²) in [5.41, 5.74) is -0.775. The fraction of sp³-hybridized carbons (Fsp3) is 0.867. The number of nitrogens with one attached hydrogen (secondary N) is 1. The first-order valence-electron chi connectivity index (χ1n) is 7.55. The minimum Gasteiger partial charge on any atom is -0.481 e. The van der Waals surface area contributed by atoms with Crippen LogP contribution in [0.15, 0.2) is 0 Å². The number of rotatable bonds is 5. The maximum Gasteiger partial charge on any atom is 0.311 e. The summed E-state index contributed by atoms with van der Waals surface area (Å²) in [7, 11) is 0. The summed E-state index contributed by atoms with van der Waals surface area (Å²) in [5.74, 6) is -0.0439. The molecule has 4 heteroatoms. The topological polar surface area (TPSA) is 66.4 Å². The Hall–Kier alpha value is -1.06. The average Bonchev–Trinajstić information content (AvgIpc) is 2.98. The largest absolute Gasteiger partial charge is 0.481 e. The van der Waals surface area contributed by atoms with Gasteiger partial charge in [-0.1, -0.05) is 32.1 Å². The zero-order valence-corrected chi connectivity index (χ0v) is 11.8. The van der Waals surface area contributed by atoms with E-state index in [0.717, 1.165) is 19.3 Å². The standard InChI is InChI=1S/C15H25NO3/c1-15(14(18)19)10-4-7-12(15)16-13(17)9-8-11-5-2-3-6-11/h11-12H,2-10H2,1H3,(H,16,17)(H,18,19). The maximum absolute atomic E-state index is 12.0. The molecule has 0 aliphatic heterocycles. The molecule has 108 valence electrons. The second-order valence-corrected chi connectivity index (χ2v) is 6.42. The zero-order valence-electron chi connectivity index (χ0n) is 11.8. The lowest BCUT2D eigenvalue weighted by Gasteiger charge is -2.27. The molecule has 2 unspecified atom stereocenters. The number of carbonyl (C=O) groups excluding carboxylic acids is 1. The molecule has 2 saturated carbocycles. The fourth-order valence-corrected chi connectivity index (χ4v) is 3.55. The average molecular weight is 267 g/mol. The number of amides is 1. The summed E-state index contributed by atoms with van der Waals surface area (Å²) in [6, 6.07) is -0.193. The van der Waals surface area contributed by atoms with Gasteiger partial charge in [0.1, 0.15) is 0 Å². The smallest absolute Gasteiger partial charge is 0.311 e. The molecule has 0 spiro atoms. The molecule has 0 heterocycles. The van der Waals surface area contributed by atoms with Gasteiger partial charge < -0.3 is 10.4 Å². The van der Waals surface area contributed by atoms with Crippen LogP contribution in [0.2, 0.25) is 0 Å². The Morgan fingerprint density at radius 3 is 2.53 bits per heavy atom. The molecule has 0 aromatic rings. The number of aliphatic carboxylic acids is 1. The van der Waals surface area contributed by atoms with Crippen molar-refractivity contribution in [2.24, 2.45) is 11.3 Å². The highest BCUT2D eigenvalue weighted by atomic mass is 16.4. The second-order valence-electron chi connectivity index (χ2n) is 6.42. The first-order chi connectivity index (χ1) is 9.02. The normalized spacial score (nSPS) is 31.5. The molecule has 4 nitrogen and oxygen atoms in total. The number of carboxylic acids is 1. The van der Waals surface area contributed by atoms with E-state index in [0.29, 0.717) is 18.8 Å². The van der Waals surface area contributed by atoms with E-state index in [1.165, 1.54) is 25.7 Å². The third-order valence-corrected chi connectivity index (χ3v) is 5.04. The Balaban J connectivity index is 1.79. The van der Waals surface area contributed by atoms with E-state index in [1.54, 1.807) is 6.92 Å². The van der Waals surface area contributed by atoms with Crippen LogP contribution in [0.25, 0.3) is 0 Å². The van der Waals surface area contributed by atoms with Crippen molar-refractivity contribution < 1.29 is 14.7 Å². The van der Waals surface area contributed by atoms with Gasteiger partial charge in [0.2, 0.25) is 5.91 Å². The van der Waals surface area contributed by atoms with Gasteiger partial charge in [-0.15, -0.1) is 0 Å². The highest BCUT2D eigenvalue weighted by molar-refractivity contribution is 5.80. The Morgan fingerprint density at radius 1 is 1.21 bits per heavy atom. The molecular weight excluding hydrogens is 242 g/mol. The monoisotopic (exact) mass is 267 g/mol. The van der Waals surface area contributed by atoms with Crippen LogP contribution >= 0.6 is 0 Å². The number of carbonyl (C=O) groups is 2. The minimum absolute atomic E-state index is 0.0336. The van der Waals surface area contributed by atoms with E-state index in [9.17, 15) is 14.7 Å². The lowest BCUT2D eigenvalue weighted by atomic mass is 9.85. The van der Waals surface area contributed by atoms with Crippen LogP contribution in [0.1, 0.15) is 64.7 Å². The predicted molar refractivity (Wildman–Crippen MR) is 72.7 cm³/mol. The molecule has 2 atom stereocenters. The molecular formula is C15H25NO3. The molecule has 0 saturated heterocycles. The molecule has 2 aliphatic carbocycles. The summed E-state index contributed by atoms with van der Waals surface area (Å²) in [5, 5.41) is 12.3. The number of carboxylic acid groups (broad SMARTS) is 1. The lowest BCUT2D eigenvalue weighted by molar-refractivity contribution is -0.149. The van der Waals surface area contributed by atoms with E-state index in [2.05, 4.69) is 5.32 Å². The van der Waals surface area contributed by atoms with Crippen molar-refractivity contribution in [3.05, 3.63) is 0 Å². The van der Waals surface area contributed by atoms with Crippen molar-refractivity contribution in [3.8, 4) is 0 Å². The molecule has 0 aromatic heterocycles. The Morgan fingerprint density at radius 2 is 1.89 bits per heavy atom. The van der Waals surface area contributed by atoms with Crippen molar-refractivity contribution in [1.29, 1.82) is 0 Å². The highest BCUT2D eigenvalue weighted by Crippen LogP contribution is 2.38. The van der Waals surface area contributed by atoms with Crippen LogP contribution in [-0.2, 0) is 9.59 Å². The van der Waals surface area contributed by atoms with E-state index >= 15 is 0 Å². The molecule has 0 bridgehead atoms. The molecule has 2 fully saturated rings. The number of hydrogen-bond acceptors (Lipinski definition) is 2. The molecule has 0 aromatic carbocycles. The van der Waals surface area contributed by atoms with Gasteiger partial charge in [0.25, 0.3) is 0 Å². The Kier molecular flexibility index (Phi) is 4.48. The minimum atomic E-state index is -0.786. The third kappa shape index (κ3) is 3.28. The molecule has 2 rings (SSSR count). The zero-order chi connectivity index (χ0) is 13.9. The number of hydrogen-bond donors (Lipinski definition) is 2. The van der Waals surface area contributed by atoms with Crippen LogP contribution in [0.4, 0.5) is 0 Å². The van der Waals surface area contributed by atoms with E-state index in [-0.39, 0.29) is 11.9 Å². The van der Waals surface area contributed by atoms with Crippen LogP contribution < -0.4 is 5.32 Å². The van der Waals surface area contributed by atoms with Gasteiger partial charge in [-0.2, -0.15) is 0 Å². The summed E-state index contributed by atoms with van der Waals surface area (Å²) in [4.78, 5) is 23.3. The summed E-state index contributed by atoms with van der Waals surface area (Å²) in [6.45, 7) is 1.75. The summed E-state index contributed by atoms with van der Waals surface area (Å²) >= 11 is 0. The summed E-state index contributed by atoms with van der Waals surface area (Å²) in [6.07, 6.45) is 8.95. The quantitative estimate of drug-likeness (QED) is 0.805. The fourth-order valence-electron chi connectivity index (χ4n) is 3.55. The van der Waals surface area contributed by atoms with Gasteiger partial charge in [0, 0.05) is 12.5 Å². The second kappa shape index (κ2) is 5.93. The van der Waals surface area contributed by atoms with Crippen LogP contribution in [0, 0.1) is 11.3 Å². The van der Waals surface area contributed by atoms with Gasteiger partial charge in [-0.25, -0.2) is 0 Å². The van der Waals surface area contributed by atoms with E-state index in [1.807, 2.05) is 0 Å². The van der Waals surface area contributed by atoms with Crippen molar-refractivity contribution in [2.75, 3.05) is 0 Å². The molecule has 19 heavy (non-hydrogen) atoms. The van der Waals surface area contributed by atoms with Crippen molar-refractivity contribution in [3.63, 3.8) is 0 Å². The first-order valence-corrected chi connectivity index (χ1v) is 7.55. The van der Waals surface area contributed by atoms with Gasteiger partial charge >= 0.3 is 5.97 Å². The van der Waals surface area contributed by atoms with Gasteiger partial charge in [0.15, 0.2) is 0 Å². The predicted octanol–water partition coefficient (Wildman–Crippen LogP) is 2.72. The van der Waals surface area contributed by atoms with Crippen LogP contribution in [0.5, 0.6) is 0 Å². The third-order valence-electron chi connectivity index (χ3n) is 5.04. The highest BCUT2D eigenvalue weighted by Gasteiger charge is 2.45. The maximum atomic E-state index is 12.0. The van der Waals surface area contributed by atoms with Crippen molar-refractivity contribution in [1.82, 2.24) is 5.32 Å². The van der Waals surface area contributed by atoms with Crippen molar-refractivity contribution >= 4 is 11.9 Å². The van der Waals surface area contributed by atoms with E-state index < -0.39 is 11.4 Å². The molecule has 2 N–H and O–H groups in total. The van der Waals surface area contributed by atoms with Crippen LogP contribution in [0.3, 0.4) is 0 Å². The molecule has 1 amide bonds. The first kappa shape index (κ1) is 14.4. The Bertz CT molecular complexity index is 349. The van der Waals surface area contributed by atoms with Gasteiger partial charge in [-0.3, -0.25) is 9.59 Å². The van der Waals surface area contributed by atoms with Gasteiger partial charge in [-0.05, 0) is 32.1 Å². The summed E-state index contributed by atoms with van der Waals surface area (Å²) < 4.78 is 0. The van der Waals surface area contributed by atoms with Crippen molar-refractivity contribution in [2.45, 2.75) is 70.8 Å². The van der Waals surface area contributed by atoms with Crippen LogP contribution in [-0.4, -0.2) is 23.0 Å². The van der Waals surface area contributed by atoms with E-state index in [4.69, 9.17) is 0 Å². The lowest BCUT2D eigenvalue weighted by Crippen LogP contribution is -2.47. The molecule has 0 radical (unpaired) electrons. The molecule has 2 aliphatic rings. The van der Waals surface area contributed by atoms with Gasteiger partial charge in [0.05, 0.1) is 5.41 Å². The SMILES string of the molecule is CC1(C(=O)O)CCCC1NC(=O)CCC1CCCC1. The Labute approximate surface area is 115 Å².